The normalized spacial score (nSPS) is 19.2. The fourth-order valence-corrected chi connectivity index (χ4v) is 2.83. The fraction of sp³-hybridized carbons (Fsp3) is 0.625. The lowest BCUT2D eigenvalue weighted by Gasteiger charge is -2.06. The highest BCUT2D eigenvalue weighted by molar-refractivity contribution is 7.99. The Morgan fingerprint density at radius 2 is 2.44 bits per heavy atom. The van der Waals surface area contributed by atoms with Gasteiger partial charge >= 0.3 is 0 Å². The van der Waals surface area contributed by atoms with Gasteiger partial charge in [-0.2, -0.15) is 0 Å². The molecule has 1 saturated heterocycles. The van der Waals surface area contributed by atoms with Crippen molar-refractivity contribution in [3.05, 3.63) is 5.01 Å². The van der Waals surface area contributed by atoms with E-state index in [4.69, 9.17) is 0 Å². The summed E-state index contributed by atoms with van der Waals surface area (Å²) in [6, 6.07) is -0.0935. The molecule has 16 heavy (non-hydrogen) atoms. The zero-order chi connectivity index (χ0) is 10.7. The lowest BCUT2D eigenvalue weighted by molar-refractivity contribution is -0.117. The molecule has 0 radical (unpaired) electrons. The molecule has 0 saturated carbocycles. The van der Waals surface area contributed by atoms with Crippen LogP contribution in [0.1, 0.15) is 11.9 Å². The van der Waals surface area contributed by atoms with Crippen molar-refractivity contribution < 1.29 is 4.79 Å². The summed E-state index contributed by atoms with van der Waals surface area (Å²) in [5.74, 6) is 1.65. The summed E-state index contributed by atoms with van der Waals surface area (Å²) < 4.78 is 0. The van der Waals surface area contributed by atoms with E-state index >= 15 is 0 Å². The molecule has 0 bridgehead atoms. The molecule has 1 fully saturated rings. The van der Waals surface area contributed by atoms with Crippen LogP contribution in [0.3, 0.4) is 0 Å². The number of aromatic nitrogens is 2. The van der Waals surface area contributed by atoms with Gasteiger partial charge < -0.3 is 0 Å². The van der Waals surface area contributed by atoms with Gasteiger partial charge in [-0.15, -0.1) is 34.4 Å². The van der Waals surface area contributed by atoms with Gasteiger partial charge in [0.05, 0.1) is 6.04 Å². The third-order valence-electron chi connectivity index (χ3n) is 2.03. The molecule has 90 valence electrons. The van der Waals surface area contributed by atoms with Gasteiger partial charge in [0.15, 0.2) is 0 Å². The van der Waals surface area contributed by atoms with E-state index in [1.807, 2.05) is 6.92 Å². The van der Waals surface area contributed by atoms with Crippen molar-refractivity contribution >= 4 is 46.5 Å². The molecule has 0 spiro atoms. The van der Waals surface area contributed by atoms with Crippen LogP contribution in [-0.4, -0.2) is 33.8 Å². The largest absolute Gasteiger partial charge is 0.299 e. The quantitative estimate of drug-likeness (QED) is 0.869. The highest BCUT2D eigenvalue weighted by Gasteiger charge is 2.23. The molecule has 1 aromatic rings. The average Bonchev–Trinajstić information content (AvgIpc) is 2.87. The molecule has 1 aliphatic heterocycles. The van der Waals surface area contributed by atoms with E-state index < -0.39 is 0 Å². The summed E-state index contributed by atoms with van der Waals surface area (Å²) in [5.41, 5.74) is 0. The Kier molecular flexibility index (Phi) is 5.47. The van der Waals surface area contributed by atoms with Gasteiger partial charge in [-0.3, -0.25) is 15.4 Å². The van der Waals surface area contributed by atoms with Gasteiger partial charge in [-0.1, -0.05) is 18.3 Å². The first-order valence-corrected chi connectivity index (χ1v) is 6.71. The highest BCUT2D eigenvalue weighted by Crippen LogP contribution is 2.17. The van der Waals surface area contributed by atoms with Crippen molar-refractivity contribution in [3.8, 4) is 0 Å². The van der Waals surface area contributed by atoms with Crippen LogP contribution >= 0.6 is 35.5 Å². The van der Waals surface area contributed by atoms with Crippen molar-refractivity contribution in [1.82, 2.24) is 15.5 Å². The second-order valence-electron chi connectivity index (χ2n) is 3.12. The predicted octanol–water partition coefficient (Wildman–Crippen LogP) is 1.12. The van der Waals surface area contributed by atoms with Crippen molar-refractivity contribution in [2.24, 2.45) is 0 Å². The topological polar surface area (TPSA) is 66.9 Å². The van der Waals surface area contributed by atoms with Crippen LogP contribution in [0.4, 0.5) is 5.13 Å². The van der Waals surface area contributed by atoms with Gasteiger partial charge in [-0.05, 0) is 6.42 Å². The van der Waals surface area contributed by atoms with Gasteiger partial charge in [-0.25, -0.2) is 0 Å². The Balaban J connectivity index is 0.00000128. The van der Waals surface area contributed by atoms with Gasteiger partial charge in [0.1, 0.15) is 5.01 Å². The average molecular weight is 281 g/mol. The zero-order valence-corrected chi connectivity index (χ0v) is 11.2. The second-order valence-corrected chi connectivity index (χ2v) is 5.21. The maximum absolute atomic E-state index is 11.7. The molecular weight excluding hydrogens is 268 g/mol. The number of aryl methyl sites for hydroxylation is 1. The molecular formula is C8H13ClN4OS2. The molecule has 2 heterocycles. The van der Waals surface area contributed by atoms with E-state index in [9.17, 15) is 4.79 Å². The Labute approximate surface area is 108 Å². The summed E-state index contributed by atoms with van der Waals surface area (Å²) >= 11 is 3.16. The molecule has 5 nitrogen and oxygen atoms in total. The van der Waals surface area contributed by atoms with E-state index in [1.165, 1.54) is 11.3 Å². The van der Waals surface area contributed by atoms with E-state index in [2.05, 4.69) is 20.8 Å². The summed E-state index contributed by atoms with van der Waals surface area (Å²) in [4.78, 5) is 11.7. The summed E-state index contributed by atoms with van der Waals surface area (Å²) in [7, 11) is 0. The number of anilines is 1. The van der Waals surface area contributed by atoms with Gasteiger partial charge in [0.25, 0.3) is 0 Å². The first kappa shape index (κ1) is 13.7. The Morgan fingerprint density at radius 1 is 1.62 bits per heavy atom. The first-order valence-electron chi connectivity index (χ1n) is 4.74. The number of carbonyl (C=O) groups is 1. The van der Waals surface area contributed by atoms with Crippen LogP contribution in [0.2, 0.25) is 0 Å². The molecule has 8 heteroatoms. The number of rotatable bonds is 3. The summed E-state index contributed by atoms with van der Waals surface area (Å²) in [6.45, 7) is 2.02. The summed E-state index contributed by atoms with van der Waals surface area (Å²) in [5, 5.41) is 15.3. The smallest absolute Gasteiger partial charge is 0.244 e. The molecule has 1 aromatic heterocycles. The summed E-state index contributed by atoms with van der Waals surface area (Å²) in [6.07, 6.45) is 0.852. The van der Waals surface area contributed by atoms with E-state index in [0.29, 0.717) is 5.13 Å². The molecule has 1 atom stereocenters. The number of thioether (sulfide) groups is 1. The van der Waals surface area contributed by atoms with Gasteiger partial charge in [0.2, 0.25) is 11.0 Å². The van der Waals surface area contributed by atoms with Crippen LogP contribution in [0.15, 0.2) is 0 Å². The van der Waals surface area contributed by atoms with Crippen LogP contribution < -0.4 is 10.6 Å². The monoisotopic (exact) mass is 280 g/mol. The van der Waals surface area contributed by atoms with Crippen LogP contribution in [-0.2, 0) is 11.2 Å². The lowest BCUT2D eigenvalue weighted by Crippen LogP contribution is -2.37. The minimum absolute atomic E-state index is 0. The number of nitrogens with one attached hydrogen (secondary N) is 2. The first-order chi connectivity index (χ1) is 7.29. The standard InChI is InChI=1S/C8H12N4OS2.ClH/c1-2-6-11-12-8(15-6)10-7(13)5-3-14-4-9-5;/h5,9H,2-4H2,1H3,(H,10,12,13);1H. The molecule has 0 aromatic carbocycles. The fourth-order valence-electron chi connectivity index (χ4n) is 1.20. The molecule has 2 rings (SSSR count). The van der Waals surface area contributed by atoms with Crippen LogP contribution in [0.25, 0.3) is 0 Å². The Bertz CT molecular complexity index is 354. The van der Waals surface area contributed by atoms with Crippen molar-refractivity contribution in [3.63, 3.8) is 0 Å². The third-order valence-corrected chi connectivity index (χ3v) is 3.96. The molecule has 2 N–H and O–H groups in total. The van der Waals surface area contributed by atoms with E-state index in [1.54, 1.807) is 11.8 Å². The lowest BCUT2D eigenvalue weighted by atomic mass is 10.3. The van der Waals surface area contributed by atoms with Gasteiger partial charge in [0, 0.05) is 11.6 Å². The zero-order valence-electron chi connectivity index (χ0n) is 8.73. The number of amides is 1. The van der Waals surface area contributed by atoms with Crippen LogP contribution in [0, 0.1) is 0 Å². The van der Waals surface area contributed by atoms with E-state index in [0.717, 1.165) is 23.1 Å². The van der Waals surface area contributed by atoms with Crippen molar-refractivity contribution in [2.45, 2.75) is 19.4 Å². The SMILES string of the molecule is CCc1nnc(NC(=O)C2CSCN2)s1.Cl. The van der Waals surface area contributed by atoms with Crippen LogP contribution in [0.5, 0.6) is 0 Å². The Hall–Kier alpha value is -0.370. The molecule has 1 unspecified atom stereocenters. The minimum atomic E-state index is -0.0935. The second kappa shape index (κ2) is 6.39. The maximum Gasteiger partial charge on any atom is 0.244 e. The number of hydrogen-bond donors (Lipinski definition) is 2. The highest BCUT2D eigenvalue weighted by atomic mass is 35.5. The third kappa shape index (κ3) is 3.31. The molecule has 1 aliphatic rings. The number of hydrogen-bond acceptors (Lipinski definition) is 6. The van der Waals surface area contributed by atoms with E-state index in [-0.39, 0.29) is 24.4 Å². The number of carbonyl (C=O) groups excluding carboxylic acids is 1. The maximum atomic E-state index is 11.7. The number of halogens is 1. The Morgan fingerprint density at radius 3 is 3.00 bits per heavy atom. The minimum Gasteiger partial charge on any atom is -0.299 e. The number of nitrogens with zero attached hydrogens (tertiary/aromatic N) is 2. The van der Waals surface area contributed by atoms with Crippen molar-refractivity contribution in [1.29, 1.82) is 0 Å². The van der Waals surface area contributed by atoms with Crippen molar-refractivity contribution in [2.75, 3.05) is 16.9 Å². The predicted molar refractivity (Wildman–Crippen MR) is 69.4 cm³/mol. The molecule has 1 amide bonds. The molecule has 0 aliphatic carbocycles.